The molecule has 2 aromatic heterocycles. The van der Waals surface area contributed by atoms with Crippen LogP contribution in [0.15, 0.2) is 55.0 Å². The average molecular weight is 387 g/mol. The number of ether oxygens (including phenoxy) is 1. The summed E-state index contributed by atoms with van der Waals surface area (Å²) in [5, 5.41) is 9.63. The number of fused-ring (bicyclic) bond motifs is 1. The van der Waals surface area contributed by atoms with Crippen molar-refractivity contribution < 1.29 is 9.13 Å². The molecule has 0 amide bonds. The Balaban J connectivity index is 1.69. The van der Waals surface area contributed by atoms with Crippen LogP contribution in [0.5, 0.6) is 11.5 Å². The second-order valence-corrected chi connectivity index (χ2v) is 6.88. The minimum atomic E-state index is -0.585. The van der Waals surface area contributed by atoms with Gasteiger partial charge in [-0.05, 0) is 49.7 Å². The second-order valence-electron chi connectivity index (χ2n) is 6.88. The molecule has 0 radical (unpaired) electrons. The third-order valence-electron chi connectivity index (χ3n) is 4.65. The lowest BCUT2D eigenvalue weighted by Crippen LogP contribution is -2.00. The van der Waals surface area contributed by atoms with Crippen LogP contribution in [-0.4, -0.2) is 14.5 Å². The quantitative estimate of drug-likeness (QED) is 0.528. The fourth-order valence-electron chi connectivity index (χ4n) is 3.20. The fraction of sp³-hybridized carbons (Fsp3) is 0.136. The Labute approximate surface area is 167 Å². The van der Waals surface area contributed by atoms with Crippen molar-refractivity contribution in [1.82, 2.24) is 14.5 Å². The van der Waals surface area contributed by atoms with Gasteiger partial charge < -0.3 is 15.0 Å². The highest BCUT2D eigenvalue weighted by atomic mass is 19.1. The van der Waals surface area contributed by atoms with Gasteiger partial charge in [-0.2, -0.15) is 5.26 Å². The van der Waals surface area contributed by atoms with Gasteiger partial charge in [0, 0.05) is 17.8 Å². The number of benzene rings is 2. The van der Waals surface area contributed by atoms with Crippen molar-refractivity contribution >= 4 is 16.9 Å². The molecule has 0 aliphatic heterocycles. The molecule has 2 aromatic carbocycles. The first-order valence-corrected chi connectivity index (χ1v) is 9.07. The predicted octanol–water partition coefficient (Wildman–Crippen LogP) is 5.06. The summed E-state index contributed by atoms with van der Waals surface area (Å²) in [7, 11) is 0. The van der Waals surface area contributed by atoms with E-state index in [1.807, 2.05) is 24.4 Å². The van der Waals surface area contributed by atoms with E-state index in [0.29, 0.717) is 11.6 Å². The van der Waals surface area contributed by atoms with Gasteiger partial charge in [0.15, 0.2) is 11.6 Å². The molecule has 0 fully saturated rings. The normalized spacial score (nSPS) is 11.0. The van der Waals surface area contributed by atoms with Crippen molar-refractivity contribution in [3.8, 4) is 28.7 Å². The summed E-state index contributed by atoms with van der Waals surface area (Å²) in [5.74, 6) is 0.377. The maximum atomic E-state index is 14.1. The Bertz CT molecular complexity index is 1240. The van der Waals surface area contributed by atoms with Crippen LogP contribution in [0.25, 0.3) is 22.2 Å². The molecule has 4 aromatic rings. The molecule has 6 nitrogen and oxygen atoms in total. The highest BCUT2D eigenvalue weighted by Crippen LogP contribution is 2.35. The van der Waals surface area contributed by atoms with E-state index >= 15 is 0 Å². The SMILES string of the molecule is CC(C)n1cc(-c2ccc(Oc3ccc(C#N)cc3F)cc2)c2c(N)ncnc21. The molecule has 0 aliphatic carbocycles. The molecule has 2 N–H and O–H groups in total. The summed E-state index contributed by atoms with van der Waals surface area (Å²) in [6.45, 7) is 4.15. The van der Waals surface area contributed by atoms with E-state index in [4.69, 9.17) is 15.7 Å². The van der Waals surface area contributed by atoms with Crippen LogP contribution in [0.4, 0.5) is 10.2 Å². The lowest BCUT2D eigenvalue weighted by molar-refractivity contribution is 0.442. The summed E-state index contributed by atoms with van der Waals surface area (Å²) in [6, 6.07) is 13.5. The third-order valence-corrected chi connectivity index (χ3v) is 4.65. The van der Waals surface area contributed by atoms with Crippen LogP contribution in [0.1, 0.15) is 25.5 Å². The van der Waals surface area contributed by atoms with Gasteiger partial charge in [-0.25, -0.2) is 14.4 Å². The number of nitrogen functional groups attached to an aromatic ring is 1. The van der Waals surface area contributed by atoms with E-state index in [-0.39, 0.29) is 17.4 Å². The summed E-state index contributed by atoms with van der Waals surface area (Å²) >= 11 is 0. The van der Waals surface area contributed by atoms with Crippen molar-refractivity contribution in [2.45, 2.75) is 19.9 Å². The Morgan fingerprint density at radius 1 is 1.14 bits per heavy atom. The summed E-state index contributed by atoms with van der Waals surface area (Å²) < 4.78 is 21.7. The number of aromatic nitrogens is 3. The van der Waals surface area contributed by atoms with Crippen molar-refractivity contribution in [1.29, 1.82) is 5.26 Å². The Hall–Kier alpha value is -3.92. The third kappa shape index (κ3) is 3.36. The molecule has 0 unspecified atom stereocenters. The van der Waals surface area contributed by atoms with E-state index in [1.165, 1.54) is 18.5 Å². The van der Waals surface area contributed by atoms with Crippen molar-refractivity contribution in [2.75, 3.05) is 5.73 Å². The lowest BCUT2D eigenvalue weighted by Gasteiger charge is -2.08. The first kappa shape index (κ1) is 18.4. The molecule has 29 heavy (non-hydrogen) atoms. The molecular formula is C22H18FN5O. The molecule has 0 saturated heterocycles. The molecule has 2 heterocycles. The van der Waals surface area contributed by atoms with E-state index in [1.54, 1.807) is 12.1 Å². The number of rotatable bonds is 4. The maximum absolute atomic E-state index is 14.1. The van der Waals surface area contributed by atoms with Crippen LogP contribution in [0, 0.1) is 17.1 Å². The Kier molecular flexibility index (Phi) is 4.61. The number of halogens is 1. The fourth-order valence-corrected chi connectivity index (χ4v) is 3.20. The standard InChI is InChI=1S/C22H18FN5O/c1-13(2)28-11-17(20-21(25)26-12-27-22(20)28)15-4-6-16(7-5-15)29-19-8-3-14(10-24)9-18(19)23/h3-9,11-13H,1-2H3,(H2,25,26,27). The number of hydrogen-bond donors (Lipinski definition) is 1. The van der Waals surface area contributed by atoms with E-state index < -0.39 is 5.82 Å². The monoisotopic (exact) mass is 387 g/mol. The molecule has 0 aliphatic rings. The van der Waals surface area contributed by atoms with Gasteiger partial charge in [-0.3, -0.25) is 0 Å². The van der Waals surface area contributed by atoms with E-state index in [0.717, 1.165) is 28.2 Å². The van der Waals surface area contributed by atoms with Crippen LogP contribution in [-0.2, 0) is 0 Å². The molecule has 4 rings (SSSR count). The summed E-state index contributed by atoms with van der Waals surface area (Å²) in [5.41, 5.74) is 8.99. The minimum absolute atomic E-state index is 0.0609. The molecule has 144 valence electrons. The number of hydrogen-bond acceptors (Lipinski definition) is 5. The van der Waals surface area contributed by atoms with Gasteiger partial charge in [0.25, 0.3) is 0 Å². The molecule has 0 saturated carbocycles. The Morgan fingerprint density at radius 3 is 2.55 bits per heavy atom. The van der Waals surface area contributed by atoms with Crippen LogP contribution >= 0.6 is 0 Å². The average Bonchev–Trinajstić information content (AvgIpc) is 3.11. The van der Waals surface area contributed by atoms with Gasteiger partial charge in [0.05, 0.1) is 17.0 Å². The first-order valence-electron chi connectivity index (χ1n) is 9.07. The lowest BCUT2D eigenvalue weighted by atomic mass is 10.1. The second kappa shape index (κ2) is 7.24. The highest BCUT2D eigenvalue weighted by Gasteiger charge is 2.16. The molecular weight excluding hydrogens is 369 g/mol. The van der Waals surface area contributed by atoms with Crippen molar-refractivity contribution in [3.05, 3.63) is 66.4 Å². The van der Waals surface area contributed by atoms with Crippen LogP contribution in [0.2, 0.25) is 0 Å². The number of nitrogens with zero attached hydrogens (tertiary/aromatic N) is 4. The molecule has 7 heteroatoms. The highest BCUT2D eigenvalue weighted by molar-refractivity contribution is 6.00. The van der Waals surface area contributed by atoms with E-state index in [2.05, 4.69) is 28.4 Å². The smallest absolute Gasteiger partial charge is 0.167 e. The topological polar surface area (TPSA) is 89.8 Å². The first-order chi connectivity index (χ1) is 14.0. The zero-order chi connectivity index (χ0) is 20.5. The minimum Gasteiger partial charge on any atom is -0.454 e. The van der Waals surface area contributed by atoms with Gasteiger partial charge in [0.1, 0.15) is 23.5 Å². The van der Waals surface area contributed by atoms with Crippen molar-refractivity contribution in [2.24, 2.45) is 0 Å². The molecule has 0 spiro atoms. The number of nitrogens with two attached hydrogens (primary N) is 1. The van der Waals surface area contributed by atoms with Gasteiger partial charge in [-0.15, -0.1) is 0 Å². The predicted molar refractivity (Wildman–Crippen MR) is 109 cm³/mol. The molecule has 0 atom stereocenters. The number of nitriles is 1. The van der Waals surface area contributed by atoms with Gasteiger partial charge >= 0.3 is 0 Å². The zero-order valence-electron chi connectivity index (χ0n) is 15.9. The zero-order valence-corrected chi connectivity index (χ0v) is 15.9. The van der Waals surface area contributed by atoms with Crippen molar-refractivity contribution in [3.63, 3.8) is 0 Å². The van der Waals surface area contributed by atoms with Gasteiger partial charge in [0.2, 0.25) is 0 Å². The summed E-state index contributed by atoms with van der Waals surface area (Å²) in [4.78, 5) is 8.52. The van der Waals surface area contributed by atoms with Crippen LogP contribution in [0.3, 0.4) is 0 Å². The van der Waals surface area contributed by atoms with Gasteiger partial charge in [-0.1, -0.05) is 12.1 Å². The molecule has 0 bridgehead atoms. The largest absolute Gasteiger partial charge is 0.454 e. The van der Waals surface area contributed by atoms with Crippen LogP contribution < -0.4 is 10.5 Å². The van der Waals surface area contributed by atoms with E-state index in [9.17, 15) is 4.39 Å². The maximum Gasteiger partial charge on any atom is 0.167 e. The number of anilines is 1. The Morgan fingerprint density at radius 2 is 1.90 bits per heavy atom. The summed E-state index contributed by atoms with van der Waals surface area (Å²) in [6.07, 6.45) is 3.47.